The molecule has 0 aliphatic carbocycles. The number of hydrogen-bond donors (Lipinski definition) is 2. The maximum atomic E-state index is 13.3. The number of nitrogens with zero attached hydrogens (tertiary/aromatic N) is 1. The van der Waals surface area contributed by atoms with Crippen molar-refractivity contribution in [1.29, 1.82) is 0 Å². The number of nitrogens with one attached hydrogen (secondary N) is 1. The van der Waals surface area contributed by atoms with Crippen molar-refractivity contribution in [2.45, 2.75) is 23.8 Å². The van der Waals surface area contributed by atoms with Crippen LogP contribution >= 0.6 is 11.8 Å². The number of halogens is 3. The highest BCUT2D eigenvalue weighted by molar-refractivity contribution is 7.99. The minimum absolute atomic E-state index is 0.0658. The van der Waals surface area contributed by atoms with Gasteiger partial charge in [-0.2, -0.15) is 13.2 Å². The van der Waals surface area contributed by atoms with Crippen LogP contribution in [0.15, 0.2) is 70.5 Å². The number of hydrogen-bond acceptors (Lipinski definition) is 4. The molecule has 1 amide bonds. The average molecular weight is 474 g/mol. The van der Waals surface area contributed by atoms with Crippen molar-refractivity contribution in [3.05, 3.63) is 87.7 Å². The number of pyridine rings is 1. The molecule has 0 saturated heterocycles. The molecule has 4 rings (SSSR count). The first-order valence-corrected chi connectivity index (χ1v) is 10.8. The van der Waals surface area contributed by atoms with E-state index in [9.17, 15) is 32.7 Å². The maximum Gasteiger partial charge on any atom is 0.416 e. The number of rotatable bonds is 5. The van der Waals surface area contributed by atoms with Crippen molar-refractivity contribution in [1.82, 2.24) is 9.88 Å². The van der Waals surface area contributed by atoms with Gasteiger partial charge in [0.15, 0.2) is 0 Å². The predicted molar refractivity (Wildman–Crippen MR) is 116 cm³/mol. The third-order valence-electron chi connectivity index (χ3n) is 5.22. The van der Waals surface area contributed by atoms with Gasteiger partial charge < -0.3 is 10.4 Å². The van der Waals surface area contributed by atoms with Crippen LogP contribution < -0.4 is 10.9 Å². The smallest absolute Gasteiger partial charge is 0.416 e. The molecule has 0 unspecified atom stereocenters. The Morgan fingerprint density at radius 1 is 1.09 bits per heavy atom. The number of amides is 1. The molecule has 1 aliphatic rings. The Morgan fingerprint density at radius 2 is 1.82 bits per heavy atom. The molecule has 0 saturated carbocycles. The summed E-state index contributed by atoms with van der Waals surface area (Å²) in [5.74, 6) is -1.55. The van der Waals surface area contributed by atoms with Crippen LogP contribution in [0.1, 0.15) is 27.5 Å². The summed E-state index contributed by atoms with van der Waals surface area (Å²) in [4.78, 5) is 36.9. The summed E-state index contributed by atoms with van der Waals surface area (Å²) in [6, 6.07) is 13.0. The number of fused-ring (bicyclic) bond motifs is 1. The molecule has 1 aliphatic heterocycles. The Labute approximate surface area is 190 Å². The van der Waals surface area contributed by atoms with Crippen LogP contribution in [0, 0.1) is 0 Å². The second kappa shape index (κ2) is 8.78. The summed E-state index contributed by atoms with van der Waals surface area (Å²) in [6.07, 6.45) is -4.58. The van der Waals surface area contributed by atoms with E-state index in [0.717, 1.165) is 28.5 Å². The second-order valence-electron chi connectivity index (χ2n) is 7.35. The molecular weight excluding hydrogens is 457 g/mol. The van der Waals surface area contributed by atoms with Crippen molar-refractivity contribution in [3.63, 3.8) is 0 Å². The molecule has 1 atom stereocenters. The first-order chi connectivity index (χ1) is 15.7. The van der Waals surface area contributed by atoms with Gasteiger partial charge in [0.1, 0.15) is 6.04 Å². The van der Waals surface area contributed by atoms with Gasteiger partial charge in [-0.3, -0.25) is 14.2 Å². The summed E-state index contributed by atoms with van der Waals surface area (Å²) in [7, 11) is 0. The minimum atomic E-state index is -4.58. The molecule has 33 heavy (non-hydrogen) atoms. The highest BCUT2D eigenvalue weighted by Crippen LogP contribution is 2.42. The molecule has 170 valence electrons. The fourth-order valence-corrected chi connectivity index (χ4v) is 5.02. The minimum Gasteiger partial charge on any atom is -0.480 e. The Bertz CT molecular complexity index is 1290. The third-order valence-corrected chi connectivity index (χ3v) is 6.37. The number of alkyl halides is 3. The number of aromatic nitrogens is 1. The van der Waals surface area contributed by atoms with Crippen LogP contribution in [0.25, 0.3) is 11.1 Å². The van der Waals surface area contributed by atoms with Gasteiger partial charge in [0.25, 0.3) is 11.5 Å². The van der Waals surface area contributed by atoms with Gasteiger partial charge in [0.2, 0.25) is 0 Å². The molecule has 0 spiro atoms. The lowest BCUT2D eigenvalue weighted by Gasteiger charge is -2.18. The molecular formula is C23H17F3N2O4S. The van der Waals surface area contributed by atoms with Crippen molar-refractivity contribution in [2.75, 3.05) is 5.75 Å². The Balaban J connectivity index is 1.82. The van der Waals surface area contributed by atoms with Gasteiger partial charge in [-0.05, 0) is 35.4 Å². The molecule has 1 aromatic heterocycles. The normalized spacial score (nSPS) is 15.2. The molecule has 0 fully saturated rings. The lowest BCUT2D eigenvalue weighted by molar-refractivity contribution is -0.140. The summed E-state index contributed by atoms with van der Waals surface area (Å²) >= 11 is 1.09. The van der Waals surface area contributed by atoms with Gasteiger partial charge in [-0.1, -0.05) is 30.3 Å². The first-order valence-electron chi connectivity index (χ1n) is 9.81. The molecule has 2 N–H and O–H groups in total. The molecule has 10 heteroatoms. The van der Waals surface area contributed by atoms with E-state index in [4.69, 9.17) is 0 Å². The standard InChI is InChI=1S/C23H17F3N2O4S/c24-23(25,26)16-8-4-7-14(9-16)19-15(11-27-20(30)13-5-2-1-3-6-13)10-18(29)28-17(22(31)32)12-33-21(19)28/h1-10,17H,11-12H2,(H,27,30)(H,31,32)/t17-/m0/s1. The topological polar surface area (TPSA) is 88.4 Å². The lowest BCUT2D eigenvalue weighted by Crippen LogP contribution is -2.30. The third kappa shape index (κ3) is 4.51. The van der Waals surface area contributed by atoms with Gasteiger partial charge in [0.05, 0.1) is 10.6 Å². The molecule has 2 heterocycles. The zero-order valence-corrected chi connectivity index (χ0v) is 17.7. The largest absolute Gasteiger partial charge is 0.480 e. The molecule has 0 bridgehead atoms. The first kappa shape index (κ1) is 22.7. The summed E-state index contributed by atoms with van der Waals surface area (Å²) in [5.41, 5.74) is -0.312. The monoisotopic (exact) mass is 474 g/mol. The predicted octanol–water partition coefficient (Wildman–Crippen LogP) is 4.20. The van der Waals surface area contributed by atoms with Gasteiger partial charge >= 0.3 is 12.1 Å². The van der Waals surface area contributed by atoms with Crippen LogP contribution in [-0.2, 0) is 17.5 Å². The number of carboxylic acids is 1. The van der Waals surface area contributed by atoms with E-state index in [1.54, 1.807) is 30.3 Å². The molecule has 0 radical (unpaired) electrons. The van der Waals surface area contributed by atoms with Crippen LogP contribution in [0.5, 0.6) is 0 Å². The zero-order chi connectivity index (χ0) is 23.8. The van der Waals surface area contributed by atoms with E-state index in [-0.39, 0.29) is 22.9 Å². The average Bonchev–Trinajstić information content (AvgIpc) is 3.23. The Kier molecular flexibility index (Phi) is 6.03. The van der Waals surface area contributed by atoms with E-state index < -0.39 is 35.2 Å². The second-order valence-corrected chi connectivity index (χ2v) is 8.36. The van der Waals surface area contributed by atoms with E-state index >= 15 is 0 Å². The number of benzene rings is 2. The number of aliphatic carboxylic acids is 1. The fourth-order valence-electron chi connectivity index (χ4n) is 3.67. The van der Waals surface area contributed by atoms with Crippen LogP contribution in [0.4, 0.5) is 13.2 Å². The summed E-state index contributed by atoms with van der Waals surface area (Å²) < 4.78 is 41.1. The fraction of sp³-hybridized carbons (Fsp3) is 0.174. The van der Waals surface area contributed by atoms with Crippen molar-refractivity contribution in [3.8, 4) is 11.1 Å². The molecule has 3 aromatic rings. The summed E-state index contributed by atoms with van der Waals surface area (Å²) in [5, 5.41) is 12.4. The van der Waals surface area contributed by atoms with Crippen LogP contribution in [-0.4, -0.2) is 27.3 Å². The van der Waals surface area contributed by atoms with Gasteiger partial charge in [0, 0.05) is 29.5 Å². The van der Waals surface area contributed by atoms with Crippen molar-refractivity contribution in [2.24, 2.45) is 0 Å². The number of carbonyl (C=O) groups excluding carboxylic acids is 1. The highest BCUT2D eigenvalue weighted by Gasteiger charge is 2.34. The molecule has 2 aromatic carbocycles. The van der Waals surface area contributed by atoms with Crippen molar-refractivity contribution >= 4 is 23.6 Å². The van der Waals surface area contributed by atoms with Crippen molar-refractivity contribution < 1.29 is 27.9 Å². The quantitative estimate of drug-likeness (QED) is 0.579. The zero-order valence-electron chi connectivity index (χ0n) is 16.9. The van der Waals surface area contributed by atoms with Gasteiger partial charge in [-0.15, -0.1) is 11.8 Å². The van der Waals surface area contributed by atoms with E-state index in [1.165, 1.54) is 18.2 Å². The highest BCUT2D eigenvalue weighted by atomic mass is 32.2. The number of carboxylic acid groups (broad SMARTS) is 1. The van der Waals surface area contributed by atoms with Crippen LogP contribution in [0.3, 0.4) is 0 Å². The van der Waals surface area contributed by atoms with Crippen LogP contribution in [0.2, 0.25) is 0 Å². The van der Waals surface area contributed by atoms with Gasteiger partial charge in [-0.25, -0.2) is 4.79 Å². The van der Waals surface area contributed by atoms with E-state index in [2.05, 4.69) is 5.32 Å². The van der Waals surface area contributed by atoms with E-state index in [0.29, 0.717) is 16.7 Å². The number of carbonyl (C=O) groups is 2. The van der Waals surface area contributed by atoms with E-state index in [1.807, 2.05) is 0 Å². The lowest BCUT2D eigenvalue weighted by atomic mass is 9.99. The summed E-state index contributed by atoms with van der Waals surface area (Å²) in [6.45, 7) is -0.124. The SMILES string of the molecule is O=C(NCc1cc(=O)n2c(c1-c1cccc(C(F)(F)F)c1)SC[C@H]2C(=O)O)c1ccccc1. The maximum absolute atomic E-state index is 13.3. The number of thioether (sulfide) groups is 1. The Morgan fingerprint density at radius 3 is 2.48 bits per heavy atom. The Hall–Kier alpha value is -3.53. The molecule has 6 nitrogen and oxygen atoms in total.